The minimum Gasteiger partial charge on any atom is -0.481 e. The molecule has 0 aromatic rings. The van der Waals surface area contributed by atoms with Gasteiger partial charge in [0.15, 0.2) is 6.61 Å². The number of carboxylic acids is 1. The molecule has 0 aliphatic heterocycles. The molecular weight excluding hydrogens is 217 g/mol. The monoisotopic (exact) mass is 228 g/mol. The average Bonchev–Trinajstić information content (AvgIpc) is 1.97. The van der Waals surface area contributed by atoms with Crippen molar-refractivity contribution in [1.29, 1.82) is 0 Å². The standard InChI is InChI=1S/C6H7F3O2.C2H4O2/c1-4(2)5(10)11-3-6(7,8)9;1-2(3)4/h1,3H2,2H3;1H3,(H,3,4). The summed E-state index contributed by atoms with van der Waals surface area (Å²) >= 11 is 0. The molecule has 4 nitrogen and oxygen atoms in total. The number of hydrogen-bond donors (Lipinski definition) is 1. The van der Waals surface area contributed by atoms with E-state index in [0.29, 0.717) is 0 Å². The summed E-state index contributed by atoms with van der Waals surface area (Å²) in [5.74, 6) is -1.86. The highest BCUT2D eigenvalue weighted by atomic mass is 19.4. The van der Waals surface area contributed by atoms with Gasteiger partial charge in [0.1, 0.15) is 0 Å². The van der Waals surface area contributed by atoms with Crippen molar-refractivity contribution in [3.05, 3.63) is 12.2 Å². The van der Waals surface area contributed by atoms with Gasteiger partial charge in [-0.05, 0) is 6.92 Å². The van der Waals surface area contributed by atoms with Crippen LogP contribution in [0.15, 0.2) is 12.2 Å². The lowest BCUT2D eigenvalue weighted by Crippen LogP contribution is -2.20. The van der Waals surface area contributed by atoms with Gasteiger partial charge in [-0.2, -0.15) is 13.2 Å². The van der Waals surface area contributed by atoms with Crippen molar-refractivity contribution in [2.45, 2.75) is 20.0 Å². The molecule has 0 amide bonds. The summed E-state index contributed by atoms with van der Waals surface area (Å²) in [5, 5.41) is 7.42. The zero-order valence-corrected chi connectivity index (χ0v) is 8.22. The van der Waals surface area contributed by atoms with E-state index in [2.05, 4.69) is 11.3 Å². The first kappa shape index (κ1) is 15.9. The van der Waals surface area contributed by atoms with Crippen molar-refractivity contribution in [3.8, 4) is 0 Å². The Balaban J connectivity index is 0. The average molecular weight is 228 g/mol. The van der Waals surface area contributed by atoms with E-state index in [0.717, 1.165) is 6.92 Å². The zero-order chi connectivity index (χ0) is 12.6. The molecular formula is C8H11F3O4. The molecule has 7 heteroatoms. The fourth-order valence-corrected chi connectivity index (χ4v) is 0.271. The second-order valence-electron chi connectivity index (χ2n) is 2.49. The number of carbonyl (C=O) groups excluding carboxylic acids is 1. The highest BCUT2D eigenvalue weighted by Crippen LogP contribution is 2.14. The fraction of sp³-hybridized carbons (Fsp3) is 0.500. The molecule has 0 fully saturated rings. The van der Waals surface area contributed by atoms with Crippen LogP contribution in [0.3, 0.4) is 0 Å². The van der Waals surface area contributed by atoms with E-state index in [9.17, 15) is 18.0 Å². The van der Waals surface area contributed by atoms with Gasteiger partial charge in [0.25, 0.3) is 5.97 Å². The van der Waals surface area contributed by atoms with Gasteiger partial charge in [-0.25, -0.2) is 4.79 Å². The van der Waals surface area contributed by atoms with Gasteiger partial charge in [-0.1, -0.05) is 6.58 Å². The molecule has 0 saturated heterocycles. The number of esters is 1. The van der Waals surface area contributed by atoms with E-state index in [1.165, 1.54) is 6.92 Å². The highest BCUT2D eigenvalue weighted by molar-refractivity contribution is 5.86. The summed E-state index contributed by atoms with van der Waals surface area (Å²) in [7, 11) is 0. The Kier molecular flexibility index (Phi) is 7.28. The molecule has 88 valence electrons. The molecule has 0 rings (SSSR count). The number of rotatable bonds is 2. The molecule has 0 radical (unpaired) electrons. The Morgan fingerprint density at radius 1 is 1.33 bits per heavy atom. The summed E-state index contributed by atoms with van der Waals surface area (Å²) in [5.41, 5.74) is -0.0470. The second kappa shape index (κ2) is 6.86. The van der Waals surface area contributed by atoms with Gasteiger partial charge in [-0.15, -0.1) is 0 Å². The largest absolute Gasteiger partial charge is 0.481 e. The molecule has 0 heterocycles. The second-order valence-corrected chi connectivity index (χ2v) is 2.49. The van der Waals surface area contributed by atoms with Gasteiger partial charge >= 0.3 is 12.1 Å². The Bertz CT molecular complexity index is 241. The number of carbonyl (C=O) groups is 2. The number of ether oxygens (including phenoxy) is 1. The van der Waals surface area contributed by atoms with E-state index in [-0.39, 0.29) is 5.57 Å². The molecule has 0 aliphatic rings. The van der Waals surface area contributed by atoms with Crippen LogP contribution >= 0.6 is 0 Å². The normalized spacial score (nSPS) is 9.67. The Labute approximate surface area is 84.3 Å². The van der Waals surface area contributed by atoms with Crippen LogP contribution in [0.25, 0.3) is 0 Å². The molecule has 0 aromatic heterocycles. The van der Waals surface area contributed by atoms with Gasteiger partial charge in [0.2, 0.25) is 0 Å². The van der Waals surface area contributed by atoms with Crippen molar-refractivity contribution >= 4 is 11.9 Å². The van der Waals surface area contributed by atoms with Gasteiger partial charge in [-0.3, -0.25) is 4.79 Å². The highest BCUT2D eigenvalue weighted by Gasteiger charge is 2.29. The van der Waals surface area contributed by atoms with E-state index in [1.54, 1.807) is 0 Å². The number of aliphatic carboxylic acids is 1. The third-order valence-electron chi connectivity index (χ3n) is 0.715. The third-order valence-corrected chi connectivity index (χ3v) is 0.715. The smallest absolute Gasteiger partial charge is 0.422 e. The molecule has 0 bridgehead atoms. The lowest BCUT2D eigenvalue weighted by molar-refractivity contribution is -0.183. The van der Waals surface area contributed by atoms with Crippen LogP contribution in [0.5, 0.6) is 0 Å². The van der Waals surface area contributed by atoms with Crippen LogP contribution in [-0.2, 0) is 14.3 Å². The van der Waals surface area contributed by atoms with E-state index < -0.39 is 24.7 Å². The topological polar surface area (TPSA) is 63.6 Å². The lowest BCUT2D eigenvalue weighted by Gasteiger charge is -2.06. The molecule has 15 heavy (non-hydrogen) atoms. The summed E-state index contributed by atoms with van der Waals surface area (Å²) in [6.07, 6.45) is -4.47. The lowest BCUT2D eigenvalue weighted by atomic mass is 10.4. The van der Waals surface area contributed by atoms with Gasteiger partial charge in [0.05, 0.1) is 0 Å². The van der Waals surface area contributed by atoms with Crippen LogP contribution in [-0.4, -0.2) is 29.8 Å². The van der Waals surface area contributed by atoms with Crippen LogP contribution in [0, 0.1) is 0 Å². The Morgan fingerprint density at radius 2 is 1.67 bits per heavy atom. The van der Waals surface area contributed by atoms with Crippen LogP contribution in [0.1, 0.15) is 13.8 Å². The predicted molar refractivity (Wildman–Crippen MR) is 45.1 cm³/mol. The maximum absolute atomic E-state index is 11.4. The van der Waals surface area contributed by atoms with E-state index >= 15 is 0 Å². The maximum atomic E-state index is 11.4. The SMILES string of the molecule is C=C(C)C(=O)OCC(F)(F)F.CC(=O)O. The molecule has 0 saturated carbocycles. The number of halogens is 3. The minimum absolute atomic E-state index is 0.0470. The zero-order valence-electron chi connectivity index (χ0n) is 8.22. The first-order valence-electron chi connectivity index (χ1n) is 3.65. The van der Waals surface area contributed by atoms with E-state index in [1.807, 2.05) is 0 Å². The molecule has 0 unspecified atom stereocenters. The number of hydrogen-bond acceptors (Lipinski definition) is 3. The number of alkyl halides is 3. The minimum atomic E-state index is -4.47. The predicted octanol–water partition coefficient (Wildman–Crippen LogP) is 1.76. The van der Waals surface area contributed by atoms with Crippen LogP contribution in [0.4, 0.5) is 13.2 Å². The van der Waals surface area contributed by atoms with Crippen molar-refractivity contribution in [2.24, 2.45) is 0 Å². The fourth-order valence-electron chi connectivity index (χ4n) is 0.271. The van der Waals surface area contributed by atoms with Crippen molar-refractivity contribution in [1.82, 2.24) is 0 Å². The third kappa shape index (κ3) is 19.1. The van der Waals surface area contributed by atoms with E-state index in [4.69, 9.17) is 9.90 Å². The molecule has 0 aliphatic carbocycles. The Hall–Kier alpha value is -1.53. The van der Waals surface area contributed by atoms with Crippen molar-refractivity contribution in [3.63, 3.8) is 0 Å². The molecule has 0 aromatic carbocycles. The first-order valence-corrected chi connectivity index (χ1v) is 3.65. The van der Waals surface area contributed by atoms with Gasteiger partial charge < -0.3 is 9.84 Å². The summed E-state index contributed by atoms with van der Waals surface area (Å²) in [6, 6.07) is 0. The summed E-state index contributed by atoms with van der Waals surface area (Å²) in [4.78, 5) is 19.4. The van der Waals surface area contributed by atoms with Crippen LogP contribution in [0.2, 0.25) is 0 Å². The maximum Gasteiger partial charge on any atom is 0.422 e. The number of carboxylic acid groups (broad SMARTS) is 1. The Morgan fingerprint density at radius 3 is 1.87 bits per heavy atom. The molecule has 0 spiro atoms. The van der Waals surface area contributed by atoms with Gasteiger partial charge in [0, 0.05) is 12.5 Å². The van der Waals surface area contributed by atoms with Crippen molar-refractivity contribution < 1.29 is 32.6 Å². The first-order chi connectivity index (χ1) is 6.56. The molecule has 0 atom stereocenters. The summed E-state index contributed by atoms with van der Waals surface area (Å²) in [6.45, 7) is 3.92. The summed E-state index contributed by atoms with van der Waals surface area (Å²) < 4.78 is 37.9. The quantitative estimate of drug-likeness (QED) is 0.577. The molecule has 1 N–H and O–H groups in total. The van der Waals surface area contributed by atoms with Crippen LogP contribution < -0.4 is 0 Å². The van der Waals surface area contributed by atoms with Crippen molar-refractivity contribution in [2.75, 3.05) is 6.61 Å².